The maximum Gasteiger partial charge on any atom is 0.225 e. The molecule has 0 aromatic carbocycles. The number of piperidine rings is 1. The van der Waals surface area contributed by atoms with Gasteiger partial charge in [0, 0.05) is 24.5 Å². The molecule has 1 N–H and O–H groups in total. The largest absolute Gasteiger partial charge is 0.338 e. The quantitative estimate of drug-likeness (QED) is 0.809. The fraction of sp³-hybridized carbons (Fsp3) is 0.929. The Balaban J connectivity index is 1.57. The van der Waals surface area contributed by atoms with E-state index in [4.69, 9.17) is 0 Å². The first-order valence-corrected chi connectivity index (χ1v) is 7.38. The molecule has 0 spiro atoms. The standard InChI is InChI=1S/C14H24N2O/c17-14(11-4-3-5-11)16(13-7-8-13)10-12-6-1-2-9-15-12/h11-13,15H,1-10H2. The van der Waals surface area contributed by atoms with Gasteiger partial charge in [-0.15, -0.1) is 0 Å². The van der Waals surface area contributed by atoms with E-state index in [9.17, 15) is 4.79 Å². The molecule has 1 heterocycles. The van der Waals surface area contributed by atoms with E-state index < -0.39 is 0 Å². The zero-order valence-electron chi connectivity index (χ0n) is 10.7. The predicted molar refractivity (Wildman–Crippen MR) is 67.7 cm³/mol. The first-order valence-electron chi connectivity index (χ1n) is 7.38. The summed E-state index contributed by atoms with van der Waals surface area (Å²) in [5, 5.41) is 3.57. The molecule has 2 aliphatic carbocycles. The summed E-state index contributed by atoms with van der Waals surface area (Å²) in [6.07, 6.45) is 9.90. The van der Waals surface area contributed by atoms with E-state index in [1.807, 2.05) is 0 Å². The molecule has 0 bridgehead atoms. The lowest BCUT2D eigenvalue weighted by Crippen LogP contribution is -2.49. The fourth-order valence-electron chi connectivity index (χ4n) is 3.01. The Morgan fingerprint density at radius 3 is 2.41 bits per heavy atom. The van der Waals surface area contributed by atoms with Gasteiger partial charge in [0.25, 0.3) is 0 Å². The van der Waals surface area contributed by atoms with Crippen molar-refractivity contribution in [2.75, 3.05) is 13.1 Å². The Hall–Kier alpha value is -0.570. The highest BCUT2D eigenvalue weighted by Crippen LogP contribution is 2.34. The van der Waals surface area contributed by atoms with Crippen LogP contribution in [0.3, 0.4) is 0 Å². The van der Waals surface area contributed by atoms with Crippen LogP contribution in [0, 0.1) is 5.92 Å². The molecule has 3 aliphatic rings. The Morgan fingerprint density at radius 1 is 1.06 bits per heavy atom. The molecule has 1 saturated heterocycles. The van der Waals surface area contributed by atoms with E-state index in [-0.39, 0.29) is 0 Å². The maximum absolute atomic E-state index is 12.4. The van der Waals surface area contributed by atoms with Crippen LogP contribution in [0.2, 0.25) is 0 Å². The summed E-state index contributed by atoms with van der Waals surface area (Å²) in [5.41, 5.74) is 0. The molecule has 2 saturated carbocycles. The van der Waals surface area contributed by atoms with E-state index in [1.165, 1.54) is 38.5 Å². The second-order valence-corrected chi connectivity index (χ2v) is 6.00. The van der Waals surface area contributed by atoms with Gasteiger partial charge in [0.05, 0.1) is 0 Å². The molecule has 3 nitrogen and oxygen atoms in total. The molecule has 96 valence electrons. The van der Waals surface area contributed by atoms with Crippen molar-refractivity contribution in [3.8, 4) is 0 Å². The van der Waals surface area contributed by atoms with Gasteiger partial charge >= 0.3 is 0 Å². The van der Waals surface area contributed by atoms with Crippen LogP contribution in [0.25, 0.3) is 0 Å². The molecule has 1 amide bonds. The minimum absolute atomic E-state index is 0.374. The van der Waals surface area contributed by atoms with Crippen molar-refractivity contribution in [1.29, 1.82) is 0 Å². The average Bonchev–Trinajstić information content (AvgIpc) is 3.08. The van der Waals surface area contributed by atoms with Gasteiger partial charge < -0.3 is 10.2 Å². The van der Waals surface area contributed by atoms with Gasteiger partial charge in [-0.05, 0) is 45.1 Å². The average molecular weight is 236 g/mol. The Morgan fingerprint density at radius 2 is 1.88 bits per heavy atom. The highest BCUT2D eigenvalue weighted by Gasteiger charge is 2.38. The SMILES string of the molecule is O=C(C1CCC1)N(CC1CCCCN1)C1CC1. The minimum atomic E-state index is 0.374. The molecule has 3 fully saturated rings. The van der Waals surface area contributed by atoms with Gasteiger partial charge in [0.2, 0.25) is 5.91 Å². The summed E-state index contributed by atoms with van der Waals surface area (Å²) in [4.78, 5) is 14.6. The van der Waals surface area contributed by atoms with Gasteiger partial charge in [-0.3, -0.25) is 4.79 Å². The van der Waals surface area contributed by atoms with E-state index in [0.717, 1.165) is 25.9 Å². The van der Waals surface area contributed by atoms with Crippen LogP contribution in [0.1, 0.15) is 51.4 Å². The van der Waals surface area contributed by atoms with Crippen LogP contribution in [0.15, 0.2) is 0 Å². The number of hydrogen-bond acceptors (Lipinski definition) is 2. The van der Waals surface area contributed by atoms with E-state index in [1.54, 1.807) is 0 Å². The van der Waals surface area contributed by atoms with Crippen LogP contribution >= 0.6 is 0 Å². The zero-order chi connectivity index (χ0) is 11.7. The van der Waals surface area contributed by atoms with Crippen LogP contribution in [-0.2, 0) is 4.79 Å². The van der Waals surface area contributed by atoms with E-state index in [0.29, 0.717) is 23.9 Å². The Labute approximate surface area is 104 Å². The fourth-order valence-corrected chi connectivity index (χ4v) is 3.01. The number of carbonyl (C=O) groups excluding carboxylic acids is 1. The number of hydrogen-bond donors (Lipinski definition) is 1. The van der Waals surface area contributed by atoms with Crippen LogP contribution in [-0.4, -0.2) is 36.0 Å². The number of nitrogens with one attached hydrogen (secondary N) is 1. The zero-order valence-corrected chi connectivity index (χ0v) is 10.7. The lowest BCUT2D eigenvalue weighted by atomic mass is 9.84. The van der Waals surface area contributed by atoms with Crippen molar-refractivity contribution in [2.45, 2.75) is 63.5 Å². The number of rotatable bonds is 4. The Kier molecular flexibility index (Phi) is 3.37. The number of amides is 1. The molecular weight excluding hydrogens is 212 g/mol. The third kappa shape index (κ3) is 2.65. The van der Waals surface area contributed by atoms with Crippen molar-refractivity contribution in [3.05, 3.63) is 0 Å². The maximum atomic E-state index is 12.4. The monoisotopic (exact) mass is 236 g/mol. The van der Waals surface area contributed by atoms with Gasteiger partial charge in [0.15, 0.2) is 0 Å². The normalized spacial score (nSPS) is 29.8. The highest BCUT2D eigenvalue weighted by molar-refractivity contribution is 5.80. The number of carbonyl (C=O) groups is 1. The summed E-state index contributed by atoms with van der Waals surface area (Å²) in [6.45, 7) is 2.11. The van der Waals surface area contributed by atoms with Crippen LogP contribution in [0.5, 0.6) is 0 Å². The molecular formula is C14H24N2O. The van der Waals surface area contributed by atoms with E-state index >= 15 is 0 Å². The van der Waals surface area contributed by atoms with Gasteiger partial charge in [-0.25, -0.2) is 0 Å². The molecule has 0 radical (unpaired) electrons. The summed E-state index contributed by atoms with van der Waals surface area (Å²) in [7, 11) is 0. The first-order chi connectivity index (χ1) is 8.34. The molecule has 0 aromatic heterocycles. The van der Waals surface area contributed by atoms with Gasteiger partial charge in [0.1, 0.15) is 0 Å². The smallest absolute Gasteiger partial charge is 0.225 e. The third-order valence-electron chi connectivity index (χ3n) is 4.55. The summed E-state index contributed by atoms with van der Waals surface area (Å²) >= 11 is 0. The predicted octanol–water partition coefficient (Wildman–Crippen LogP) is 1.92. The second-order valence-electron chi connectivity index (χ2n) is 6.00. The Bertz CT molecular complexity index is 278. The lowest BCUT2D eigenvalue weighted by Gasteiger charge is -2.35. The summed E-state index contributed by atoms with van der Waals surface area (Å²) in [6, 6.07) is 1.15. The molecule has 1 unspecified atom stereocenters. The lowest BCUT2D eigenvalue weighted by molar-refractivity contribution is -0.139. The van der Waals surface area contributed by atoms with Crippen LogP contribution < -0.4 is 5.32 Å². The first kappa shape index (κ1) is 11.5. The molecule has 1 aliphatic heterocycles. The molecule has 3 heteroatoms. The summed E-state index contributed by atoms with van der Waals surface area (Å²) < 4.78 is 0. The third-order valence-corrected chi connectivity index (χ3v) is 4.55. The molecule has 0 aromatic rings. The molecule has 1 atom stereocenters. The van der Waals surface area contributed by atoms with Crippen molar-refractivity contribution in [3.63, 3.8) is 0 Å². The van der Waals surface area contributed by atoms with Crippen LogP contribution in [0.4, 0.5) is 0 Å². The van der Waals surface area contributed by atoms with Crippen molar-refractivity contribution in [1.82, 2.24) is 10.2 Å². The topological polar surface area (TPSA) is 32.3 Å². The molecule has 17 heavy (non-hydrogen) atoms. The van der Waals surface area contributed by atoms with Crippen molar-refractivity contribution < 1.29 is 4.79 Å². The van der Waals surface area contributed by atoms with E-state index in [2.05, 4.69) is 10.2 Å². The van der Waals surface area contributed by atoms with Gasteiger partial charge in [-0.2, -0.15) is 0 Å². The minimum Gasteiger partial charge on any atom is -0.338 e. The second kappa shape index (κ2) is 4.97. The van der Waals surface area contributed by atoms with Crippen molar-refractivity contribution >= 4 is 5.91 Å². The summed E-state index contributed by atoms with van der Waals surface area (Å²) in [5.74, 6) is 0.838. The number of nitrogens with zero attached hydrogens (tertiary/aromatic N) is 1. The highest BCUT2D eigenvalue weighted by atomic mass is 16.2. The van der Waals surface area contributed by atoms with Crippen molar-refractivity contribution in [2.24, 2.45) is 5.92 Å². The molecule has 3 rings (SSSR count). The van der Waals surface area contributed by atoms with Gasteiger partial charge in [-0.1, -0.05) is 12.8 Å².